The van der Waals surface area contributed by atoms with Crippen molar-refractivity contribution in [3.8, 4) is 11.4 Å². The van der Waals surface area contributed by atoms with E-state index in [0.717, 1.165) is 0 Å². The highest BCUT2D eigenvalue weighted by molar-refractivity contribution is 6.30. The van der Waals surface area contributed by atoms with Crippen LogP contribution in [0.2, 0.25) is 5.02 Å². The first-order chi connectivity index (χ1) is 13.6. The summed E-state index contributed by atoms with van der Waals surface area (Å²) in [6, 6.07) is 17.8. The van der Waals surface area contributed by atoms with Crippen LogP contribution in [-0.2, 0) is 4.79 Å². The minimum absolute atomic E-state index is 0.137. The maximum Gasteiger partial charge on any atom is 0.262 e. The first-order valence-electron chi connectivity index (χ1n) is 8.38. The standard InChI is InChI=1S/C20H14ClFN4O2/c21-13-1-8-17(9-2-13)28-12-20(27)23-15-5-10-18-19(11-15)25-26(24-18)16-6-3-14(22)4-7-16/h1-11H,12H2,(H,23,27). The van der Waals surface area contributed by atoms with Crippen molar-refractivity contribution in [1.82, 2.24) is 15.0 Å². The molecule has 0 aliphatic heterocycles. The lowest BCUT2D eigenvalue weighted by atomic mass is 10.3. The molecule has 0 atom stereocenters. The third kappa shape index (κ3) is 4.10. The van der Waals surface area contributed by atoms with E-state index in [1.165, 1.54) is 16.9 Å². The van der Waals surface area contributed by atoms with E-state index in [0.29, 0.717) is 33.2 Å². The molecule has 140 valence electrons. The van der Waals surface area contributed by atoms with Gasteiger partial charge in [0.2, 0.25) is 0 Å². The maximum absolute atomic E-state index is 13.1. The van der Waals surface area contributed by atoms with Gasteiger partial charge in [-0.05, 0) is 66.7 Å². The van der Waals surface area contributed by atoms with Crippen molar-refractivity contribution in [3.05, 3.63) is 77.6 Å². The summed E-state index contributed by atoms with van der Waals surface area (Å²) in [6.45, 7) is -0.137. The molecule has 0 aliphatic rings. The molecule has 8 heteroatoms. The Morgan fingerprint density at radius 3 is 2.46 bits per heavy atom. The summed E-state index contributed by atoms with van der Waals surface area (Å²) in [5.41, 5.74) is 2.46. The zero-order chi connectivity index (χ0) is 19.5. The van der Waals surface area contributed by atoms with Crippen molar-refractivity contribution in [1.29, 1.82) is 0 Å². The second-order valence-corrected chi connectivity index (χ2v) is 6.40. The van der Waals surface area contributed by atoms with E-state index in [9.17, 15) is 9.18 Å². The number of carbonyl (C=O) groups excluding carboxylic acids is 1. The van der Waals surface area contributed by atoms with Gasteiger partial charge in [-0.3, -0.25) is 4.79 Å². The molecule has 0 unspecified atom stereocenters. The molecule has 0 bridgehead atoms. The van der Waals surface area contributed by atoms with Crippen molar-refractivity contribution in [2.45, 2.75) is 0 Å². The second kappa shape index (κ2) is 7.66. The minimum Gasteiger partial charge on any atom is -0.484 e. The van der Waals surface area contributed by atoms with Gasteiger partial charge < -0.3 is 10.1 Å². The zero-order valence-corrected chi connectivity index (χ0v) is 15.2. The molecule has 4 rings (SSSR count). The highest BCUT2D eigenvalue weighted by Gasteiger charge is 2.08. The zero-order valence-electron chi connectivity index (χ0n) is 14.5. The molecule has 1 aromatic heterocycles. The molecule has 0 radical (unpaired) electrons. The predicted octanol–water partition coefficient (Wildman–Crippen LogP) is 4.23. The van der Waals surface area contributed by atoms with E-state index in [4.69, 9.17) is 16.3 Å². The normalized spacial score (nSPS) is 10.8. The predicted molar refractivity (Wildman–Crippen MR) is 104 cm³/mol. The Bertz CT molecular complexity index is 1130. The number of nitrogens with zero attached hydrogens (tertiary/aromatic N) is 3. The first kappa shape index (κ1) is 17.9. The number of aromatic nitrogens is 3. The Hall–Kier alpha value is -3.45. The van der Waals surface area contributed by atoms with Crippen LogP contribution in [0.5, 0.6) is 5.75 Å². The Labute approximate surface area is 164 Å². The number of nitrogens with one attached hydrogen (secondary N) is 1. The topological polar surface area (TPSA) is 69.0 Å². The van der Waals surface area contributed by atoms with Crippen molar-refractivity contribution >= 4 is 34.2 Å². The Balaban J connectivity index is 1.44. The summed E-state index contributed by atoms with van der Waals surface area (Å²) < 4.78 is 18.5. The van der Waals surface area contributed by atoms with Gasteiger partial charge in [-0.2, -0.15) is 4.80 Å². The van der Waals surface area contributed by atoms with Crippen LogP contribution in [0.25, 0.3) is 16.7 Å². The molecule has 6 nitrogen and oxygen atoms in total. The van der Waals surface area contributed by atoms with Gasteiger partial charge in [0.05, 0.1) is 5.69 Å². The van der Waals surface area contributed by atoms with Gasteiger partial charge in [0.15, 0.2) is 6.61 Å². The third-order valence-corrected chi connectivity index (χ3v) is 4.16. The average molecular weight is 397 g/mol. The van der Waals surface area contributed by atoms with Crippen LogP contribution in [0.15, 0.2) is 66.7 Å². The number of amides is 1. The number of hydrogen-bond donors (Lipinski definition) is 1. The van der Waals surface area contributed by atoms with Crippen molar-refractivity contribution < 1.29 is 13.9 Å². The van der Waals surface area contributed by atoms with E-state index in [1.54, 1.807) is 54.6 Å². The molecule has 4 aromatic rings. The van der Waals surface area contributed by atoms with Gasteiger partial charge in [0.25, 0.3) is 5.91 Å². The van der Waals surface area contributed by atoms with Crippen molar-refractivity contribution in [3.63, 3.8) is 0 Å². The summed E-state index contributed by atoms with van der Waals surface area (Å²) >= 11 is 5.81. The fourth-order valence-corrected chi connectivity index (χ4v) is 2.68. The molecule has 1 amide bonds. The van der Waals surface area contributed by atoms with Crippen LogP contribution in [0.3, 0.4) is 0 Å². The van der Waals surface area contributed by atoms with Gasteiger partial charge >= 0.3 is 0 Å². The molecule has 28 heavy (non-hydrogen) atoms. The van der Waals surface area contributed by atoms with E-state index < -0.39 is 0 Å². The molecule has 0 spiro atoms. The van der Waals surface area contributed by atoms with Crippen LogP contribution in [0.1, 0.15) is 0 Å². The van der Waals surface area contributed by atoms with Crippen LogP contribution >= 0.6 is 11.6 Å². The summed E-state index contributed by atoms with van der Waals surface area (Å²) in [6.07, 6.45) is 0. The van der Waals surface area contributed by atoms with E-state index in [2.05, 4.69) is 15.5 Å². The number of carbonyl (C=O) groups is 1. The van der Waals surface area contributed by atoms with E-state index in [1.807, 2.05) is 0 Å². The van der Waals surface area contributed by atoms with Crippen molar-refractivity contribution in [2.24, 2.45) is 0 Å². The highest BCUT2D eigenvalue weighted by atomic mass is 35.5. The Morgan fingerprint density at radius 1 is 1.00 bits per heavy atom. The monoisotopic (exact) mass is 396 g/mol. The van der Waals surface area contributed by atoms with E-state index in [-0.39, 0.29) is 18.3 Å². The largest absolute Gasteiger partial charge is 0.484 e. The molecule has 3 aromatic carbocycles. The van der Waals surface area contributed by atoms with Gasteiger partial charge in [0, 0.05) is 10.7 Å². The Morgan fingerprint density at radius 2 is 1.71 bits per heavy atom. The quantitative estimate of drug-likeness (QED) is 0.548. The fraction of sp³-hybridized carbons (Fsp3) is 0.0500. The lowest BCUT2D eigenvalue weighted by Crippen LogP contribution is -2.20. The highest BCUT2D eigenvalue weighted by Crippen LogP contribution is 2.18. The molecule has 0 saturated heterocycles. The lowest BCUT2D eigenvalue weighted by Gasteiger charge is -2.07. The van der Waals surface area contributed by atoms with Gasteiger partial charge in [-0.25, -0.2) is 4.39 Å². The molecular formula is C20H14ClFN4O2. The van der Waals surface area contributed by atoms with Gasteiger partial charge in [-0.1, -0.05) is 11.6 Å². The number of hydrogen-bond acceptors (Lipinski definition) is 4. The maximum atomic E-state index is 13.1. The number of rotatable bonds is 5. The molecule has 0 aliphatic carbocycles. The lowest BCUT2D eigenvalue weighted by molar-refractivity contribution is -0.118. The summed E-state index contributed by atoms with van der Waals surface area (Å²) in [5.74, 6) is -0.0799. The van der Waals surface area contributed by atoms with Crippen LogP contribution in [-0.4, -0.2) is 27.5 Å². The first-order valence-corrected chi connectivity index (χ1v) is 8.76. The average Bonchev–Trinajstić information content (AvgIpc) is 3.11. The number of benzene rings is 3. The molecule has 1 N–H and O–H groups in total. The number of ether oxygens (including phenoxy) is 1. The molecular weight excluding hydrogens is 383 g/mol. The second-order valence-electron chi connectivity index (χ2n) is 5.96. The number of fused-ring (bicyclic) bond motifs is 1. The minimum atomic E-state index is -0.328. The number of halogens is 2. The van der Waals surface area contributed by atoms with Crippen LogP contribution < -0.4 is 10.1 Å². The summed E-state index contributed by atoms with van der Waals surface area (Å²) in [4.78, 5) is 13.5. The number of anilines is 1. The SMILES string of the molecule is O=C(COc1ccc(Cl)cc1)Nc1ccc2nn(-c3ccc(F)cc3)nc2c1. The van der Waals surface area contributed by atoms with Gasteiger partial charge in [0.1, 0.15) is 22.6 Å². The molecule has 0 saturated carbocycles. The van der Waals surface area contributed by atoms with Gasteiger partial charge in [-0.15, -0.1) is 10.2 Å². The third-order valence-electron chi connectivity index (χ3n) is 3.91. The molecule has 1 heterocycles. The van der Waals surface area contributed by atoms with Crippen LogP contribution in [0.4, 0.5) is 10.1 Å². The summed E-state index contributed by atoms with van der Waals surface area (Å²) in [5, 5.41) is 12.1. The fourth-order valence-electron chi connectivity index (χ4n) is 2.56. The molecule has 0 fully saturated rings. The van der Waals surface area contributed by atoms with Crippen LogP contribution in [0, 0.1) is 5.82 Å². The Kier molecular flexibility index (Phi) is 4.90. The summed E-state index contributed by atoms with van der Waals surface area (Å²) in [7, 11) is 0. The van der Waals surface area contributed by atoms with Crippen molar-refractivity contribution in [2.75, 3.05) is 11.9 Å². The van der Waals surface area contributed by atoms with E-state index >= 15 is 0 Å². The smallest absolute Gasteiger partial charge is 0.262 e.